The Labute approximate surface area is 194 Å². The van der Waals surface area contributed by atoms with Crippen molar-refractivity contribution in [1.82, 2.24) is 0 Å². The molecule has 1 fully saturated rings. The summed E-state index contributed by atoms with van der Waals surface area (Å²) in [5.74, 6) is 0.463. The van der Waals surface area contributed by atoms with E-state index in [-0.39, 0.29) is 42.2 Å². The smallest absolute Gasteiger partial charge is 0.250 e. The quantitative estimate of drug-likeness (QED) is 0.652. The van der Waals surface area contributed by atoms with E-state index in [9.17, 15) is 9.59 Å². The van der Waals surface area contributed by atoms with Gasteiger partial charge in [0, 0.05) is 12.1 Å². The minimum absolute atomic E-state index is 0.0229. The second-order valence-corrected chi connectivity index (χ2v) is 8.80. The van der Waals surface area contributed by atoms with Crippen LogP contribution in [0.15, 0.2) is 54.5 Å². The molecule has 33 heavy (non-hydrogen) atoms. The van der Waals surface area contributed by atoms with Crippen molar-refractivity contribution < 1.29 is 23.8 Å². The Balaban J connectivity index is 1.31. The number of ether oxygens (including phenoxy) is 3. The first-order valence-corrected chi connectivity index (χ1v) is 11.6. The SMILES string of the molecule is CCc1ccccc1NC(=O)COC1CCC2C(=O)C(Oc3cc(C)ccc3C)=COC2C1. The molecule has 0 bridgehead atoms. The number of carbonyl (C=O) groups excluding carboxylic acids is 2. The van der Waals surface area contributed by atoms with Crippen LogP contribution in [0.5, 0.6) is 5.75 Å². The van der Waals surface area contributed by atoms with E-state index in [1.165, 1.54) is 6.26 Å². The van der Waals surface area contributed by atoms with E-state index in [0.29, 0.717) is 25.0 Å². The molecule has 1 saturated carbocycles. The Kier molecular flexibility index (Phi) is 7.14. The van der Waals surface area contributed by atoms with Crippen LogP contribution in [0.3, 0.4) is 0 Å². The highest BCUT2D eigenvalue weighted by molar-refractivity contribution is 5.96. The standard InChI is InChI=1S/C27H31NO5/c1-4-19-7-5-6-8-22(19)28-26(29)16-31-20-11-12-21-24(14-20)32-15-25(27(21)30)33-23-13-17(2)9-10-18(23)3/h5-10,13,15,20-21,24H,4,11-12,14,16H2,1-3H3,(H,28,29). The summed E-state index contributed by atoms with van der Waals surface area (Å²) in [6.45, 7) is 5.97. The number of hydrogen-bond acceptors (Lipinski definition) is 5. The van der Waals surface area contributed by atoms with Crippen molar-refractivity contribution in [2.24, 2.45) is 5.92 Å². The first-order chi connectivity index (χ1) is 15.9. The number of benzene rings is 2. The van der Waals surface area contributed by atoms with Crippen molar-refractivity contribution in [2.45, 2.75) is 58.7 Å². The second kappa shape index (κ2) is 10.2. The third kappa shape index (κ3) is 5.45. The summed E-state index contributed by atoms with van der Waals surface area (Å²) in [5, 5.41) is 2.93. The summed E-state index contributed by atoms with van der Waals surface area (Å²) in [7, 11) is 0. The molecule has 1 aliphatic heterocycles. The van der Waals surface area contributed by atoms with Crippen LogP contribution >= 0.6 is 0 Å². The van der Waals surface area contributed by atoms with Gasteiger partial charge in [-0.25, -0.2) is 0 Å². The minimum atomic E-state index is -0.258. The monoisotopic (exact) mass is 449 g/mol. The molecule has 1 aliphatic carbocycles. The number of aryl methyl sites for hydroxylation is 3. The Bertz CT molecular complexity index is 1060. The van der Waals surface area contributed by atoms with Gasteiger partial charge in [0.25, 0.3) is 0 Å². The fourth-order valence-corrected chi connectivity index (χ4v) is 4.42. The lowest BCUT2D eigenvalue weighted by Gasteiger charge is -2.37. The predicted molar refractivity (Wildman–Crippen MR) is 126 cm³/mol. The van der Waals surface area contributed by atoms with Gasteiger partial charge in [0.1, 0.15) is 24.7 Å². The number of amides is 1. The molecule has 0 aromatic heterocycles. The predicted octanol–water partition coefficient (Wildman–Crippen LogP) is 4.88. The Morgan fingerprint density at radius 1 is 1.15 bits per heavy atom. The number of Topliss-reactive ketones (excluding diaryl/α,β-unsaturated/α-hetero) is 1. The van der Waals surface area contributed by atoms with E-state index < -0.39 is 0 Å². The Hall–Kier alpha value is -3.12. The number of hydrogen-bond donors (Lipinski definition) is 1. The first kappa shape index (κ1) is 23.1. The Morgan fingerprint density at radius 2 is 1.97 bits per heavy atom. The zero-order valence-electron chi connectivity index (χ0n) is 19.4. The van der Waals surface area contributed by atoms with Crippen LogP contribution in [0, 0.1) is 19.8 Å². The molecule has 0 saturated heterocycles. The van der Waals surface area contributed by atoms with Crippen molar-refractivity contribution in [1.29, 1.82) is 0 Å². The van der Waals surface area contributed by atoms with Gasteiger partial charge in [-0.15, -0.1) is 0 Å². The lowest BCUT2D eigenvalue weighted by Crippen LogP contribution is -2.43. The molecule has 0 radical (unpaired) electrons. The largest absolute Gasteiger partial charge is 0.493 e. The number of anilines is 1. The van der Waals surface area contributed by atoms with Crippen LogP contribution < -0.4 is 10.1 Å². The molecule has 174 valence electrons. The Morgan fingerprint density at radius 3 is 2.79 bits per heavy atom. The summed E-state index contributed by atoms with van der Waals surface area (Å²) in [6.07, 6.45) is 3.81. The average molecular weight is 450 g/mol. The molecule has 1 amide bonds. The molecule has 2 aromatic carbocycles. The van der Waals surface area contributed by atoms with Crippen molar-refractivity contribution in [3.05, 3.63) is 71.2 Å². The molecule has 0 spiro atoms. The highest BCUT2D eigenvalue weighted by Gasteiger charge is 2.41. The van der Waals surface area contributed by atoms with Gasteiger partial charge in [0.05, 0.1) is 12.0 Å². The van der Waals surface area contributed by atoms with Gasteiger partial charge < -0.3 is 19.5 Å². The third-order valence-electron chi connectivity index (χ3n) is 6.36. The maximum atomic E-state index is 13.0. The molecule has 1 heterocycles. The normalized spacial score (nSPS) is 22.1. The zero-order valence-corrected chi connectivity index (χ0v) is 19.4. The van der Waals surface area contributed by atoms with E-state index in [0.717, 1.165) is 28.8 Å². The number of rotatable bonds is 7. The average Bonchev–Trinajstić information content (AvgIpc) is 2.82. The van der Waals surface area contributed by atoms with Gasteiger partial charge in [0.2, 0.25) is 17.4 Å². The van der Waals surface area contributed by atoms with Gasteiger partial charge in [-0.3, -0.25) is 9.59 Å². The molecule has 2 aliphatic rings. The first-order valence-electron chi connectivity index (χ1n) is 11.6. The fourth-order valence-electron chi connectivity index (χ4n) is 4.42. The van der Waals surface area contributed by atoms with Crippen LogP contribution in [0.2, 0.25) is 0 Å². The fraction of sp³-hybridized carbons (Fsp3) is 0.407. The van der Waals surface area contributed by atoms with Crippen molar-refractivity contribution in [3.8, 4) is 5.75 Å². The lowest BCUT2D eigenvalue weighted by molar-refractivity contribution is -0.136. The van der Waals surface area contributed by atoms with E-state index in [4.69, 9.17) is 14.2 Å². The highest BCUT2D eigenvalue weighted by atomic mass is 16.5. The molecule has 1 N–H and O–H groups in total. The molecule has 6 heteroatoms. The van der Waals surface area contributed by atoms with Crippen LogP contribution in [0.1, 0.15) is 42.9 Å². The highest BCUT2D eigenvalue weighted by Crippen LogP contribution is 2.35. The minimum Gasteiger partial charge on any atom is -0.493 e. The molecule has 3 atom stereocenters. The van der Waals surface area contributed by atoms with E-state index in [1.807, 2.05) is 56.3 Å². The van der Waals surface area contributed by atoms with Gasteiger partial charge in [-0.2, -0.15) is 0 Å². The molecule has 3 unspecified atom stereocenters. The molecular weight excluding hydrogens is 418 g/mol. The molecule has 4 rings (SSSR count). The topological polar surface area (TPSA) is 73.9 Å². The molecule has 6 nitrogen and oxygen atoms in total. The number of ketones is 1. The maximum Gasteiger partial charge on any atom is 0.250 e. The number of carbonyl (C=O) groups is 2. The number of nitrogens with one attached hydrogen (secondary N) is 1. The van der Waals surface area contributed by atoms with Crippen LogP contribution in [-0.2, 0) is 25.5 Å². The zero-order chi connectivity index (χ0) is 23.4. The second-order valence-electron chi connectivity index (χ2n) is 8.80. The van der Waals surface area contributed by atoms with Crippen molar-refractivity contribution in [3.63, 3.8) is 0 Å². The summed E-state index contributed by atoms with van der Waals surface area (Å²) in [4.78, 5) is 25.4. The van der Waals surface area contributed by atoms with Crippen LogP contribution in [-0.4, -0.2) is 30.5 Å². The van der Waals surface area contributed by atoms with E-state index >= 15 is 0 Å². The molecule has 2 aromatic rings. The maximum absolute atomic E-state index is 13.0. The number of allylic oxidation sites excluding steroid dienone is 1. The third-order valence-corrected chi connectivity index (χ3v) is 6.36. The van der Waals surface area contributed by atoms with Crippen LogP contribution in [0.4, 0.5) is 5.69 Å². The summed E-state index contributed by atoms with van der Waals surface area (Å²) in [6, 6.07) is 13.7. The van der Waals surface area contributed by atoms with Gasteiger partial charge in [-0.1, -0.05) is 37.3 Å². The van der Waals surface area contributed by atoms with Gasteiger partial charge in [-0.05, 0) is 61.9 Å². The van der Waals surface area contributed by atoms with E-state index in [1.54, 1.807) is 0 Å². The number of para-hydroxylation sites is 1. The van der Waals surface area contributed by atoms with Crippen molar-refractivity contribution in [2.75, 3.05) is 11.9 Å². The molecular formula is C27H31NO5. The summed E-state index contributed by atoms with van der Waals surface area (Å²) >= 11 is 0. The van der Waals surface area contributed by atoms with Crippen LogP contribution in [0.25, 0.3) is 0 Å². The van der Waals surface area contributed by atoms with Gasteiger partial charge in [0.15, 0.2) is 0 Å². The van der Waals surface area contributed by atoms with Gasteiger partial charge >= 0.3 is 0 Å². The summed E-state index contributed by atoms with van der Waals surface area (Å²) < 4.78 is 17.7. The van der Waals surface area contributed by atoms with E-state index in [2.05, 4.69) is 12.2 Å². The number of fused-ring (bicyclic) bond motifs is 1. The lowest BCUT2D eigenvalue weighted by atomic mass is 9.80. The van der Waals surface area contributed by atoms with Crippen molar-refractivity contribution >= 4 is 17.4 Å². The summed E-state index contributed by atoms with van der Waals surface area (Å²) in [5.41, 5.74) is 3.94.